The zero-order chi connectivity index (χ0) is 26.2. The second-order valence-corrected chi connectivity index (χ2v) is 9.73. The SMILES string of the molecule is [B]C(Nc1cc(Cl)c2ncc(C#N)c(NC(C)CCO)c2c1)(c1ccc(F)cc1)c1cn(C2CC2)nn1. The molecule has 1 aliphatic carbocycles. The van der Waals surface area contributed by atoms with Crippen LogP contribution < -0.4 is 10.6 Å². The highest BCUT2D eigenvalue weighted by molar-refractivity contribution is 6.36. The minimum Gasteiger partial charge on any atom is -0.396 e. The van der Waals surface area contributed by atoms with E-state index < -0.39 is 5.44 Å². The number of aromatic nitrogens is 4. The van der Waals surface area contributed by atoms with Crippen molar-refractivity contribution in [3.63, 3.8) is 0 Å². The molecule has 37 heavy (non-hydrogen) atoms. The zero-order valence-corrected chi connectivity index (χ0v) is 20.9. The molecule has 1 saturated carbocycles. The zero-order valence-electron chi connectivity index (χ0n) is 20.1. The van der Waals surface area contributed by atoms with Gasteiger partial charge in [-0.15, -0.1) is 5.10 Å². The van der Waals surface area contributed by atoms with Gasteiger partial charge in [0.1, 0.15) is 25.4 Å². The first-order valence-corrected chi connectivity index (χ1v) is 12.4. The van der Waals surface area contributed by atoms with Gasteiger partial charge in [-0.25, -0.2) is 9.07 Å². The number of rotatable bonds is 9. The second-order valence-electron chi connectivity index (χ2n) is 9.33. The van der Waals surface area contributed by atoms with E-state index >= 15 is 0 Å². The van der Waals surface area contributed by atoms with Crippen molar-refractivity contribution < 1.29 is 9.50 Å². The van der Waals surface area contributed by atoms with Crippen LogP contribution in [0.4, 0.5) is 15.8 Å². The van der Waals surface area contributed by atoms with Gasteiger partial charge in [-0.3, -0.25) is 4.98 Å². The standard InChI is InChI=1S/C26H24BClFN7O/c1-15(8-9-37)32-24-16(12-30)13-31-25-21(24)10-19(11-22(25)28)33-26(27,17-2-4-18(29)5-3-17)23-14-36(35-34-23)20-6-7-20/h2-5,10-11,13-15,20,33,37H,6-9H2,1H3,(H,31,32). The minimum atomic E-state index is -1.37. The average molecular weight is 516 g/mol. The normalized spacial score (nSPS) is 15.6. The lowest BCUT2D eigenvalue weighted by Crippen LogP contribution is -2.37. The lowest BCUT2D eigenvalue weighted by Gasteiger charge is -2.32. The summed E-state index contributed by atoms with van der Waals surface area (Å²) in [6.07, 6.45) is 5.83. The third kappa shape index (κ3) is 4.97. The minimum absolute atomic E-state index is 0.00152. The fourth-order valence-electron chi connectivity index (χ4n) is 4.28. The van der Waals surface area contributed by atoms with E-state index in [-0.39, 0.29) is 18.5 Å². The molecule has 3 N–H and O–H groups in total. The highest BCUT2D eigenvalue weighted by Crippen LogP contribution is 2.38. The number of halogens is 2. The maximum atomic E-state index is 13.8. The Morgan fingerprint density at radius 1 is 1.32 bits per heavy atom. The summed E-state index contributed by atoms with van der Waals surface area (Å²) in [4.78, 5) is 4.39. The molecule has 0 bridgehead atoms. The van der Waals surface area contributed by atoms with Gasteiger partial charge in [0.15, 0.2) is 0 Å². The van der Waals surface area contributed by atoms with E-state index in [1.807, 2.05) is 6.92 Å². The van der Waals surface area contributed by atoms with Crippen molar-refractivity contribution in [1.29, 1.82) is 5.26 Å². The van der Waals surface area contributed by atoms with Crippen LogP contribution in [-0.2, 0) is 5.44 Å². The number of nitrogens with one attached hydrogen (secondary N) is 2. The molecule has 2 radical (unpaired) electrons. The fraction of sp³-hybridized carbons (Fsp3) is 0.308. The number of hydrogen-bond acceptors (Lipinski definition) is 7. The van der Waals surface area contributed by atoms with Gasteiger partial charge in [-0.2, -0.15) is 5.26 Å². The highest BCUT2D eigenvalue weighted by Gasteiger charge is 2.34. The molecule has 0 spiro atoms. The summed E-state index contributed by atoms with van der Waals surface area (Å²) in [5.74, 6) is -0.385. The predicted octanol–water partition coefficient (Wildman–Crippen LogP) is 4.49. The third-order valence-electron chi connectivity index (χ3n) is 6.47. The lowest BCUT2D eigenvalue weighted by atomic mass is 9.69. The van der Waals surface area contributed by atoms with Crippen LogP contribution in [-0.4, -0.2) is 45.6 Å². The Balaban J connectivity index is 1.62. The molecular weight excluding hydrogens is 492 g/mol. The molecule has 0 aliphatic heterocycles. The monoisotopic (exact) mass is 515 g/mol. The molecule has 2 heterocycles. The predicted molar refractivity (Wildman–Crippen MR) is 141 cm³/mol. The van der Waals surface area contributed by atoms with E-state index in [1.165, 1.54) is 18.3 Å². The number of hydrogen-bond donors (Lipinski definition) is 3. The van der Waals surface area contributed by atoms with Gasteiger partial charge in [0.05, 0.1) is 39.5 Å². The molecule has 8 nitrogen and oxygen atoms in total. The first-order valence-electron chi connectivity index (χ1n) is 12.0. The quantitative estimate of drug-likeness (QED) is 0.282. The lowest BCUT2D eigenvalue weighted by molar-refractivity contribution is 0.282. The molecule has 4 aromatic rings. The highest BCUT2D eigenvalue weighted by atomic mass is 35.5. The number of anilines is 2. The Morgan fingerprint density at radius 3 is 2.76 bits per heavy atom. The molecule has 2 aromatic heterocycles. The molecule has 2 unspecified atom stereocenters. The maximum absolute atomic E-state index is 13.8. The summed E-state index contributed by atoms with van der Waals surface area (Å²) in [6, 6.07) is 11.7. The van der Waals surface area contributed by atoms with Gasteiger partial charge in [0, 0.05) is 29.9 Å². The van der Waals surface area contributed by atoms with E-state index in [4.69, 9.17) is 19.4 Å². The number of benzene rings is 2. The van der Waals surface area contributed by atoms with Crippen molar-refractivity contribution in [2.45, 2.75) is 43.7 Å². The van der Waals surface area contributed by atoms with E-state index in [1.54, 1.807) is 35.1 Å². The van der Waals surface area contributed by atoms with Crippen LogP contribution in [0.25, 0.3) is 10.9 Å². The first-order chi connectivity index (χ1) is 17.8. The number of fused-ring (bicyclic) bond motifs is 1. The molecule has 11 heteroatoms. The maximum Gasteiger partial charge on any atom is 0.123 e. The summed E-state index contributed by atoms with van der Waals surface area (Å²) in [5.41, 5.74) is 1.62. The van der Waals surface area contributed by atoms with Gasteiger partial charge in [-0.1, -0.05) is 28.9 Å². The smallest absolute Gasteiger partial charge is 0.123 e. The Hall–Kier alpha value is -3.68. The van der Waals surface area contributed by atoms with E-state index in [2.05, 4.69) is 32.0 Å². The van der Waals surface area contributed by atoms with Gasteiger partial charge in [-0.05, 0) is 56.0 Å². The van der Waals surface area contributed by atoms with Crippen LogP contribution in [0, 0.1) is 17.1 Å². The molecule has 1 fully saturated rings. The van der Waals surface area contributed by atoms with Crippen molar-refractivity contribution >= 4 is 41.7 Å². The third-order valence-corrected chi connectivity index (χ3v) is 6.76. The van der Waals surface area contributed by atoms with Crippen molar-refractivity contribution in [1.82, 2.24) is 20.0 Å². The van der Waals surface area contributed by atoms with Crippen molar-refractivity contribution in [2.75, 3.05) is 17.2 Å². The number of pyridine rings is 1. The summed E-state index contributed by atoms with van der Waals surface area (Å²) >= 11 is 6.65. The Morgan fingerprint density at radius 2 is 2.08 bits per heavy atom. The molecule has 2 atom stereocenters. The summed E-state index contributed by atoms with van der Waals surface area (Å²) in [6.45, 7) is 1.91. The Bertz CT molecular complexity index is 1490. The fourth-order valence-corrected chi connectivity index (χ4v) is 4.55. The van der Waals surface area contributed by atoms with Gasteiger partial charge >= 0.3 is 0 Å². The van der Waals surface area contributed by atoms with Crippen LogP contribution in [0.2, 0.25) is 5.02 Å². The Labute approximate surface area is 219 Å². The molecule has 5 rings (SSSR count). The van der Waals surface area contributed by atoms with E-state index in [0.717, 1.165) is 12.8 Å². The van der Waals surface area contributed by atoms with Gasteiger partial charge in [0.2, 0.25) is 0 Å². The van der Waals surface area contributed by atoms with Crippen LogP contribution in [0.1, 0.15) is 49.0 Å². The van der Waals surface area contributed by atoms with Crippen LogP contribution in [0.15, 0.2) is 48.8 Å². The van der Waals surface area contributed by atoms with Crippen molar-refractivity contribution in [2.24, 2.45) is 0 Å². The van der Waals surface area contributed by atoms with Crippen LogP contribution in [0.3, 0.4) is 0 Å². The van der Waals surface area contributed by atoms with E-state index in [9.17, 15) is 14.8 Å². The first kappa shape index (κ1) is 25.0. The van der Waals surface area contributed by atoms with Crippen molar-refractivity contribution in [3.05, 3.63) is 76.5 Å². The van der Waals surface area contributed by atoms with Crippen molar-refractivity contribution in [3.8, 4) is 6.07 Å². The average Bonchev–Trinajstić information content (AvgIpc) is 3.60. The number of nitrogens with zero attached hydrogens (tertiary/aromatic N) is 5. The van der Waals surface area contributed by atoms with Gasteiger partial charge in [0.25, 0.3) is 0 Å². The number of nitriles is 1. The van der Waals surface area contributed by atoms with Crippen LogP contribution >= 0.6 is 11.6 Å². The van der Waals surface area contributed by atoms with Crippen LogP contribution in [0.5, 0.6) is 0 Å². The second kappa shape index (κ2) is 10.00. The van der Waals surface area contributed by atoms with E-state index in [0.29, 0.717) is 56.6 Å². The molecule has 1 aliphatic rings. The summed E-state index contributed by atoms with van der Waals surface area (Å²) < 4.78 is 15.6. The number of aliphatic hydroxyl groups excluding tert-OH is 1. The molecule has 186 valence electrons. The molecule has 2 aromatic carbocycles. The topological polar surface area (TPSA) is 112 Å². The molecule has 0 amide bonds. The largest absolute Gasteiger partial charge is 0.396 e. The Kier molecular flexibility index (Phi) is 6.75. The van der Waals surface area contributed by atoms with Gasteiger partial charge < -0.3 is 15.7 Å². The summed E-state index contributed by atoms with van der Waals surface area (Å²) in [5, 5.41) is 35.3. The summed E-state index contributed by atoms with van der Waals surface area (Å²) in [7, 11) is 6.96. The number of aliphatic hydroxyl groups is 1. The molecular formula is C26H24BClFN7O. The molecule has 0 saturated heterocycles.